The van der Waals surface area contributed by atoms with Crippen molar-refractivity contribution < 1.29 is 29.2 Å². The molecule has 0 bridgehead atoms. The highest BCUT2D eigenvalue weighted by molar-refractivity contribution is 6.30. The number of rotatable bonds is 9. The molecule has 3 N–H and O–H groups in total. The van der Waals surface area contributed by atoms with Crippen LogP contribution in [0.1, 0.15) is 27.9 Å². The van der Waals surface area contributed by atoms with Crippen molar-refractivity contribution in [1.29, 1.82) is 0 Å². The van der Waals surface area contributed by atoms with Crippen LogP contribution < -0.4 is 10.2 Å². The van der Waals surface area contributed by atoms with Crippen molar-refractivity contribution in [2.45, 2.75) is 19.4 Å². The van der Waals surface area contributed by atoms with Crippen LogP contribution in [0.25, 0.3) is 10.9 Å². The molecular formula is C22H21ClFNO6. The van der Waals surface area contributed by atoms with Crippen molar-refractivity contribution in [3.63, 3.8) is 0 Å². The van der Waals surface area contributed by atoms with E-state index >= 15 is 0 Å². The molecule has 0 fully saturated rings. The van der Waals surface area contributed by atoms with Crippen LogP contribution in [0, 0.1) is 5.82 Å². The highest BCUT2D eigenvalue weighted by Gasteiger charge is 2.18. The lowest BCUT2D eigenvalue weighted by atomic mass is 10.00. The van der Waals surface area contributed by atoms with E-state index in [-0.39, 0.29) is 48.8 Å². The lowest BCUT2D eigenvalue weighted by molar-refractivity contribution is 0.0694. The van der Waals surface area contributed by atoms with Crippen LogP contribution in [0.3, 0.4) is 0 Å². The summed E-state index contributed by atoms with van der Waals surface area (Å²) in [7, 11) is 0. The summed E-state index contributed by atoms with van der Waals surface area (Å²) in [5.41, 5.74) is -0.00899. The molecular weight excluding hydrogens is 429 g/mol. The fraction of sp³-hybridized carbons (Fsp3) is 0.273. The maximum atomic E-state index is 14.5. The molecule has 31 heavy (non-hydrogen) atoms. The third-order valence-electron chi connectivity index (χ3n) is 4.81. The van der Waals surface area contributed by atoms with Crippen LogP contribution in [0.15, 0.2) is 41.3 Å². The van der Waals surface area contributed by atoms with Gasteiger partial charge >= 0.3 is 5.97 Å². The lowest BCUT2D eigenvalue weighted by Gasteiger charge is -2.17. The second-order valence-electron chi connectivity index (χ2n) is 6.89. The highest BCUT2D eigenvalue weighted by Crippen LogP contribution is 2.29. The Kier molecular flexibility index (Phi) is 7.27. The molecule has 0 spiro atoms. The standard InChI is InChI=1S/C22H21ClFNO6/c23-17-4-1-3-13(20(17)24)9-14-10-15-18(11-19(14)31-8-2-6-26)25(5-7-27)12-16(21(15)28)22(29)30/h1,3-4,10-12,26-27H,2,5-9H2,(H,29,30). The number of carboxylic acids is 1. The topological polar surface area (TPSA) is 109 Å². The first-order valence-corrected chi connectivity index (χ1v) is 9.96. The third kappa shape index (κ3) is 4.87. The molecule has 0 aliphatic rings. The predicted octanol–water partition coefficient (Wildman–Crippen LogP) is 2.84. The van der Waals surface area contributed by atoms with E-state index in [0.717, 1.165) is 0 Å². The molecule has 9 heteroatoms. The minimum Gasteiger partial charge on any atom is -0.493 e. The number of carboxylic acid groups (broad SMARTS) is 1. The number of aromatic nitrogens is 1. The zero-order chi connectivity index (χ0) is 22.5. The van der Waals surface area contributed by atoms with Crippen molar-refractivity contribution in [2.24, 2.45) is 0 Å². The number of hydrogen-bond acceptors (Lipinski definition) is 5. The first-order chi connectivity index (χ1) is 14.9. The number of halogens is 2. The van der Waals surface area contributed by atoms with E-state index < -0.39 is 22.8 Å². The van der Waals surface area contributed by atoms with Gasteiger partial charge in [0.15, 0.2) is 0 Å². The maximum Gasteiger partial charge on any atom is 0.341 e. The number of aliphatic hydroxyl groups is 2. The Hall–Kier alpha value is -2.94. The number of ether oxygens (including phenoxy) is 1. The van der Waals surface area contributed by atoms with Gasteiger partial charge in [-0.15, -0.1) is 0 Å². The molecule has 1 aromatic heterocycles. The summed E-state index contributed by atoms with van der Waals surface area (Å²) in [6.45, 7) is -0.101. The van der Waals surface area contributed by atoms with Crippen LogP contribution in [-0.2, 0) is 13.0 Å². The molecule has 3 aromatic rings. The average Bonchev–Trinajstić information content (AvgIpc) is 2.74. The highest BCUT2D eigenvalue weighted by atomic mass is 35.5. The number of carbonyl (C=O) groups is 1. The normalized spacial score (nSPS) is 11.1. The van der Waals surface area contributed by atoms with Crippen molar-refractivity contribution in [3.8, 4) is 5.75 Å². The van der Waals surface area contributed by atoms with Crippen LogP contribution in [0.4, 0.5) is 4.39 Å². The number of fused-ring (bicyclic) bond motifs is 1. The van der Waals surface area contributed by atoms with Crippen molar-refractivity contribution in [1.82, 2.24) is 4.57 Å². The number of pyridine rings is 1. The summed E-state index contributed by atoms with van der Waals surface area (Å²) in [5, 5.41) is 27.9. The zero-order valence-electron chi connectivity index (χ0n) is 16.5. The van der Waals surface area contributed by atoms with Gasteiger partial charge in [-0.05, 0) is 23.3 Å². The Labute approximate surface area is 181 Å². The van der Waals surface area contributed by atoms with E-state index in [9.17, 15) is 24.2 Å². The smallest absolute Gasteiger partial charge is 0.341 e. The summed E-state index contributed by atoms with van der Waals surface area (Å²) in [6.07, 6.45) is 1.59. The second-order valence-corrected chi connectivity index (χ2v) is 7.29. The van der Waals surface area contributed by atoms with E-state index in [1.165, 1.54) is 22.9 Å². The first-order valence-electron chi connectivity index (χ1n) is 9.58. The number of nitrogens with zero attached hydrogens (tertiary/aromatic N) is 1. The molecule has 0 saturated heterocycles. The average molecular weight is 450 g/mol. The molecule has 0 amide bonds. The quantitative estimate of drug-likeness (QED) is 0.433. The van der Waals surface area contributed by atoms with Gasteiger partial charge in [-0.2, -0.15) is 0 Å². The maximum absolute atomic E-state index is 14.5. The lowest BCUT2D eigenvalue weighted by Crippen LogP contribution is -2.20. The summed E-state index contributed by atoms with van der Waals surface area (Å²) in [6, 6.07) is 7.62. The molecule has 2 aromatic carbocycles. The zero-order valence-corrected chi connectivity index (χ0v) is 17.2. The van der Waals surface area contributed by atoms with Crippen LogP contribution >= 0.6 is 11.6 Å². The van der Waals surface area contributed by atoms with Gasteiger partial charge in [-0.25, -0.2) is 9.18 Å². The third-order valence-corrected chi connectivity index (χ3v) is 5.10. The van der Waals surface area contributed by atoms with E-state index in [1.807, 2.05) is 0 Å². The minimum absolute atomic E-state index is 0.0421. The van der Waals surface area contributed by atoms with Gasteiger partial charge in [-0.3, -0.25) is 4.79 Å². The van der Waals surface area contributed by atoms with Crippen molar-refractivity contribution in [2.75, 3.05) is 19.8 Å². The molecule has 164 valence electrons. The Morgan fingerprint density at radius 1 is 1.16 bits per heavy atom. The van der Waals surface area contributed by atoms with Crippen LogP contribution in [0.5, 0.6) is 5.75 Å². The van der Waals surface area contributed by atoms with Gasteiger partial charge in [0.1, 0.15) is 17.1 Å². The Bertz CT molecular complexity index is 1180. The summed E-state index contributed by atoms with van der Waals surface area (Å²) in [5.74, 6) is -1.62. The number of aliphatic hydroxyl groups excluding tert-OH is 2. The fourth-order valence-corrected chi connectivity index (χ4v) is 3.51. The summed E-state index contributed by atoms with van der Waals surface area (Å²) >= 11 is 5.88. The fourth-order valence-electron chi connectivity index (χ4n) is 3.32. The number of benzene rings is 2. The molecule has 0 aliphatic carbocycles. The Morgan fingerprint density at radius 2 is 1.94 bits per heavy atom. The first kappa shape index (κ1) is 22.7. The minimum atomic E-state index is -1.38. The Balaban J connectivity index is 2.23. The van der Waals surface area contributed by atoms with Crippen LogP contribution in [-0.4, -0.2) is 45.7 Å². The molecule has 0 aliphatic heterocycles. The van der Waals surface area contributed by atoms with Gasteiger partial charge in [0.2, 0.25) is 5.43 Å². The van der Waals surface area contributed by atoms with E-state index in [4.69, 9.17) is 21.4 Å². The van der Waals surface area contributed by atoms with E-state index in [0.29, 0.717) is 23.3 Å². The number of aromatic carboxylic acids is 1. The summed E-state index contributed by atoms with van der Waals surface area (Å²) in [4.78, 5) is 24.3. The monoisotopic (exact) mass is 449 g/mol. The molecule has 0 radical (unpaired) electrons. The molecule has 0 saturated carbocycles. The molecule has 0 atom stereocenters. The SMILES string of the molecule is O=C(O)c1cn(CCO)c2cc(OCCCO)c(Cc3cccc(Cl)c3F)cc2c1=O. The summed E-state index contributed by atoms with van der Waals surface area (Å²) < 4.78 is 21.7. The van der Waals surface area contributed by atoms with E-state index in [1.54, 1.807) is 18.2 Å². The molecule has 0 unspecified atom stereocenters. The van der Waals surface area contributed by atoms with Crippen molar-refractivity contribution >= 4 is 28.5 Å². The van der Waals surface area contributed by atoms with Gasteiger partial charge in [0.25, 0.3) is 0 Å². The predicted molar refractivity (Wildman–Crippen MR) is 114 cm³/mol. The second kappa shape index (κ2) is 9.91. The number of hydrogen-bond donors (Lipinski definition) is 3. The molecule has 7 nitrogen and oxygen atoms in total. The van der Waals surface area contributed by atoms with Gasteiger partial charge in [-0.1, -0.05) is 23.7 Å². The van der Waals surface area contributed by atoms with E-state index in [2.05, 4.69) is 0 Å². The molecule has 1 heterocycles. The van der Waals surface area contributed by atoms with Gasteiger partial charge in [0.05, 0.1) is 23.8 Å². The van der Waals surface area contributed by atoms with Gasteiger partial charge < -0.3 is 24.6 Å². The van der Waals surface area contributed by atoms with Crippen LogP contribution in [0.2, 0.25) is 5.02 Å². The van der Waals surface area contributed by atoms with Gasteiger partial charge in [0, 0.05) is 43.6 Å². The molecule has 3 rings (SSSR count). The Morgan fingerprint density at radius 3 is 2.61 bits per heavy atom. The largest absolute Gasteiger partial charge is 0.493 e. The van der Waals surface area contributed by atoms with Crippen molar-refractivity contribution in [3.05, 3.63) is 74.3 Å².